The molecule has 5 N–H and O–H groups in total. The molecule has 0 bridgehead atoms. The van der Waals surface area contributed by atoms with Crippen LogP contribution in [-0.2, 0) is 14.3 Å². The van der Waals surface area contributed by atoms with Gasteiger partial charge in [0.15, 0.2) is 6.29 Å². The standard InChI is InChI=1S/C10H17NO7/c1-4(13)2-6(14)11-7-9(16)8(15)5(3-12)18-10(7)17/h5,7-10,12,15-17H,2-3H2,1H3,(H,11,14)/t5-,7-,8+,9-,10?/m1/s1. The lowest BCUT2D eigenvalue weighted by Gasteiger charge is -2.40. The van der Waals surface area contributed by atoms with Crippen LogP contribution in [0.4, 0.5) is 0 Å². The zero-order valence-electron chi connectivity index (χ0n) is 9.81. The zero-order valence-corrected chi connectivity index (χ0v) is 9.81. The highest BCUT2D eigenvalue weighted by Crippen LogP contribution is 2.19. The summed E-state index contributed by atoms with van der Waals surface area (Å²) in [5, 5.41) is 39.8. The second-order valence-electron chi connectivity index (χ2n) is 4.20. The molecule has 1 aliphatic rings. The van der Waals surface area contributed by atoms with Gasteiger partial charge in [-0.15, -0.1) is 0 Å². The van der Waals surface area contributed by atoms with E-state index < -0.39 is 49.6 Å². The lowest BCUT2D eigenvalue weighted by Crippen LogP contribution is -2.64. The van der Waals surface area contributed by atoms with Gasteiger partial charge < -0.3 is 30.5 Å². The Hall–Kier alpha value is -1.06. The van der Waals surface area contributed by atoms with Crippen LogP contribution in [0.2, 0.25) is 0 Å². The third-order valence-corrected chi connectivity index (χ3v) is 2.64. The van der Waals surface area contributed by atoms with E-state index in [2.05, 4.69) is 5.32 Å². The number of aliphatic hydroxyl groups is 4. The summed E-state index contributed by atoms with van der Waals surface area (Å²) >= 11 is 0. The summed E-state index contributed by atoms with van der Waals surface area (Å²) in [5.74, 6) is -1.06. The molecule has 0 spiro atoms. The molecule has 0 saturated carbocycles. The van der Waals surface area contributed by atoms with Crippen molar-refractivity contribution >= 4 is 11.7 Å². The number of nitrogens with one attached hydrogen (secondary N) is 1. The summed E-state index contributed by atoms with van der Waals surface area (Å²) in [5.41, 5.74) is 0. The second kappa shape index (κ2) is 6.21. The summed E-state index contributed by atoms with van der Waals surface area (Å²) < 4.78 is 4.83. The van der Waals surface area contributed by atoms with Crippen molar-refractivity contribution in [2.24, 2.45) is 0 Å². The Morgan fingerprint density at radius 1 is 1.22 bits per heavy atom. The van der Waals surface area contributed by atoms with E-state index in [0.29, 0.717) is 0 Å². The Morgan fingerprint density at radius 3 is 2.33 bits per heavy atom. The van der Waals surface area contributed by atoms with Crippen molar-refractivity contribution in [2.45, 2.75) is 44.0 Å². The highest BCUT2D eigenvalue weighted by atomic mass is 16.6. The molecule has 8 nitrogen and oxygen atoms in total. The minimum absolute atomic E-state index is 0.373. The summed E-state index contributed by atoms with van der Waals surface area (Å²) in [6.07, 6.45) is -6.04. The first kappa shape index (κ1) is 15.0. The van der Waals surface area contributed by atoms with Gasteiger partial charge in [0.2, 0.25) is 5.91 Å². The molecule has 1 amide bonds. The minimum Gasteiger partial charge on any atom is -0.394 e. The molecule has 18 heavy (non-hydrogen) atoms. The van der Waals surface area contributed by atoms with Crippen molar-refractivity contribution in [1.82, 2.24) is 5.32 Å². The van der Waals surface area contributed by atoms with E-state index in [1.165, 1.54) is 6.92 Å². The van der Waals surface area contributed by atoms with Gasteiger partial charge in [-0.05, 0) is 6.92 Å². The number of carbonyl (C=O) groups excluding carboxylic acids is 2. The monoisotopic (exact) mass is 263 g/mol. The number of hydrogen-bond donors (Lipinski definition) is 5. The first-order chi connectivity index (χ1) is 8.36. The van der Waals surface area contributed by atoms with Crippen LogP contribution in [0.3, 0.4) is 0 Å². The molecule has 1 rings (SSSR count). The predicted octanol–water partition coefficient (Wildman–Crippen LogP) is -3.12. The molecule has 0 radical (unpaired) electrons. The van der Waals surface area contributed by atoms with Crippen LogP contribution in [0.5, 0.6) is 0 Å². The maximum Gasteiger partial charge on any atom is 0.227 e. The van der Waals surface area contributed by atoms with Crippen molar-refractivity contribution in [1.29, 1.82) is 0 Å². The number of amides is 1. The van der Waals surface area contributed by atoms with Crippen molar-refractivity contribution in [2.75, 3.05) is 6.61 Å². The number of carbonyl (C=O) groups is 2. The fraction of sp³-hybridized carbons (Fsp3) is 0.800. The lowest BCUT2D eigenvalue weighted by atomic mass is 9.97. The summed E-state index contributed by atoms with van der Waals surface area (Å²) in [6.45, 7) is 0.643. The Morgan fingerprint density at radius 2 is 1.83 bits per heavy atom. The van der Waals surface area contributed by atoms with E-state index in [9.17, 15) is 24.9 Å². The van der Waals surface area contributed by atoms with Gasteiger partial charge in [-0.3, -0.25) is 9.59 Å². The molecular formula is C10H17NO7. The van der Waals surface area contributed by atoms with Crippen LogP contribution in [0, 0.1) is 0 Å². The van der Waals surface area contributed by atoms with E-state index >= 15 is 0 Å². The number of rotatable bonds is 4. The van der Waals surface area contributed by atoms with Crippen molar-refractivity contribution in [3.8, 4) is 0 Å². The van der Waals surface area contributed by atoms with Crippen molar-refractivity contribution < 1.29 is 34.8 Å². The van der Waals surface area contributed by atoms with Crippen LogP contribution in [-0.4, -0.2) is 69.4 Å². The van der Waals surface area contributed by atoms with Gasteiger partial charge in [-0.2, -0.15) is 0 Å². The maximum atomic E-state index is 11.3. The van der Waals surface area contributed by atoms with Crippen LogP contribution in [0.25, 0.3) is 0 Å². The van der Waals surface area contributed by atoms with E-state index in [0.717, 1.165) is 0 Å². The highest BCUT2D eigenvalue weighted by Gasteiger charge is 2.44. The Balaban J connectivity index is 2.65. The van der Waals surface area contributed by atoms with Gasteiger partial charge in [0, 0.05) is 0 Å². The highest BCUT2D eigenvalue weighted by molar-refractivity contribution is 5.96. The molecule has 5 atom stereocenters. The van der Waals surface area contributed by atoms with Crippen LogP contribution in [0.15, 0.2) is 0 Å². The largest absolute Gasteiger partial charge is 0.394 e. The van der Waals surface area contributed by atoms with Crippen molar-refractivity contribution in [3.63, 3.8) is 0 Å². The first-order valence-corrected chi connectivity index (χ1v) is 5.46. The topological polar surface area (TPSA) is 136 Å². The Kier molecular flexibility index (Phi) is 5.17. The molecule has 1 heterocycles. The normalized spacial score (nSPS) is 36.2. The predicted molar refractivity (Wildman–Crippen MR) is 57.2 cm³/mol. The third kappa shape index (κ3) is 3.47. The van der Waals surface area contributed by atoms with Crippen molar-refractivity contribution in [3.05, 3.63) is 0 Å². The number of ketones is 1. The number of aliphatic hydroxyl groups excluding tert-OH is 4. The quantitative estimate of drug-likeness (QED) is 0.338. The van der Waals surface area contributed by atoms with Crippen LogP contribution >= 0.6 is 0 Å². The van der Waals surface area contributed by atoms with Gasteiger partial charge in [-0.25, -0.2) is 0 Å². The third-order valence-electron chi connectivity index (χ3n) is 2.64. The van der Waals surface area contributed by atoms with E-state index in [-0.39, 0.29) is 5.78 Å². The summed E-state index contributed by atoms with van der Waals surface area (Å²) in [4.78, 5) is 22.1. The number of hydrogen-bond acceptors (Lipinski definition) is 7. The molecule has 8 heteroatoms. The summed E-state index contributed by atoms with van der Waals surface area (Å²) in [6, 6.07) is -1.25. The molecule has 1 fully saturated rings. The SMILES string of the molecule is CC(=O)CC(=O)N[C@H]1C(O)O[C@H](CO)[C@H](O)[C@@H]1O. The minimum atomic E-state index is -1.57. The van der Waals surface area contributed by atoms with Gasteiger partial charge in [-0.1, -0.05) is 0 Å². The molecule has 1 unspecified atom stereocenters. The smallest absolute Gasteiger partial charge is 0.227 e. The number of ether oxygens (including phenoxy) is 1. The average molecular weight is 263 g/mol. The first-order valence-electron chi connectivity index (χ1n) is 5.46. The molecule has 0 aromatic rings. The lowest BCUT2D eigenvalue weighted by molar-refractivity contribution is -0.253. The number of Topliss-reactive ketones (excluding diaryl/α,β-unsaturated/α-hetero) is 1. The zero-order chi connectivity index (χ0) is 13.9. The Bertz CT molecular complexity index is 321. The fourth-order valence-corrected chi connectivity index (χ4v) is 1.72. The summed E-state index contributed by atoms with van der Waals surface area (Å²) in [7, 11) is 0. The van der Waals surface area contributed by atoms with E-state index in [1.807, 2.05) is 0 Å². The molecule has 1 saturated heterocycles. The fourth-order valence-electron chi connectivity index (χ4n) is 1.72. The molecule has 0 aliphatic carbocycles. The Labute approximate surface area is 103 Å². The molecular weight excluding hydrogens is 246 g/mol. The molecule has 0 aromatic heterocycles. The van der Waals surface area contributed by atoms with Gasteiger partial charge in [0.25, 0.3) is 0 Å². The molecule has 1 aliphatic heterocycles. The van der Waals surface area contributed by atoms with Gasteiger partial charge in [0.05, 0.1) is 13.0 Å². The molecule has 0 aromatic carbocycles. The van der Waals surface area contributed by atoms with E-state index in [1.54, 1.807) is 0 Å². The molecule has 104 valence electrons. The van der Waals surface area contributed by atoms with Gasteiger partial charge in [0.1, 0.15) is 30.1 Å². The maximum absolute atomic E-state index is 11.3. The van der Waals surface area contributed by atoms with Crippen LogP contribution in [0.1, 0.15) is 13.3 Å². The second-order valence-corrected chi connectivity index (χ2v) is 4.20. The van der Waals surface area contributed by atoms with Crippen LogP contribution < -0.4 is 5.32 Å². The van der Waals surface area contributed by atoms with Gasteiger partial charge >= 0.3 is 0 Å². The van der Waals surface area contributed by atoms with E-state index in [4.69, 9.17) is 9.84 Å². The average Bonchev–Trinajstić information content (AvgIpc) is 2.28.